The van der Waals surface area contributed by atoms with Crippen LogP contribution in [0.5, 0.6) is 0 Å². The van der Waals surface area contributed by atoms with Crippen molar-refractivity contribution in [3.8, 4) is 0 Å². The van der Waals surface area contributed by atoms with Crippen LogP contribution in [0.2, 0.25) is 0 Å². The number of benzene rings is 1. The zero-order chi connectivity index (χ0) is 15.2. The van der Waals surface area contributed by atoms with E-state index < -0.39 is 0 Å². The van der Waals surface area contributed by atoms with Crippen molar-refractivity contribution in [3.05, 3.63) is 41.7 Å². The van der Waals surface area contributed by atoms with Gasteiger partial charge in [0, 0.05) is 32.1 Å². The molecule has 112 valence electrons. The number of carbonyl (C=O) groups excluding carboxylic acids is 2. The van der Waals surface area contributed by atoms with E-state index in [4.69, 9.17) is 0 Å². The van der Waals surface area contributed by atoms with Crippen LogP contribution in [0.15, 0.2) is 30.3 Å². The minimum Gasteiger partial charge on any atom is -0.350 e. The summed E-state index contributed by atoms with van der Waals surface area (Å²) in [7, 11) is 0. The normalized spacial score (nSPS) is 16.2. The predicted molar refractivity (Wildman–Crippen MR) is 78.9 cm³/mol. The third-order valence-corrected chi connectivity index (χ3v) is 3.56. The number of amides is 2. The monoisotopic (exact) mass is 290 g/mol. The topological polar surface area (TPSA) is 49.4 Å². The molecule has 0 atom stereocenters. The molecule has 4 nitrogen and oxygen atoms in total. The van der Waals surface area contributed by atoms with Crippen molar-refractivity contribution >= 4 is 17.9 Å². The number of halogens is 1. The lowest BCUT2D eigenvalue weighted by Gasteiger charge is -2.31. The third-order valence-electron chi connectivity index (χ3n) is 3.56. The average Bonchev–Trinajstić information content (AvgIpc) is 2.46. The van der Waals surface area contributed by atoms with E-state index >= 15 is 0 Å². The van der Waals surface area contributed by atoms with Crippen molar-refractivity contribution in [2.24, 2.45) is 0 Å². The molecule has 0 aromatic heterocycles. The minimum absolute atomic E-state index is 0.0748. The van der Waals surface area contributed by atoms with Crippen LogP contribution in [0.4, 0.5) is 4.39 Å². The van der Waals surface area contributed by atoms with Crippen LogP contribution in [0.3, 0.4) is 0 Å². The van der Waals surface area contributed by atoms with Gasteiger partial charge in [0.2, 0.25) is 11.8 Å². The van der Waals surface area contributed by atoms with Gasteiger partial charge in [-0.2, -0.15) is 0 Å². The molecule has 5 heteroatoms. The maximum Gasteiger partial charge on any atom is 0.244 e. The van der Waals surface area contributed by atoms with Crippen LogP contribution in [-0.4, -0.2) is 35.8 Å². The van der Waals surface area contributed by atoms with E-state index in [1.54, 1.807) is 30.0 Å². The molecule has 21 heavy (non-hydrogen) atoms. The first-order chi connectivity index (χ1) is 10.0. The summed E-state index contributed by atoms with van der Waals surface area (Å²) in [6.45, 7) is 2.91. The molecule has 0 aliphatic carbocycles. The van der Waals surface area contributed by atoms with Crippen molar-refractivity contribution in [3.63, 3.8) is 0 Å². The van der Waals surface area contributed by atoms with Gasteiger partial charge in [-0.15, -0.1) is 0 Å². The van der Waals surface area contributed by atoms with Crippen LogP contribution in [-0.2, 0) is 9.59 Å². The fraction of sp³-hybridized carbons (Fsp3) is 0.375. The van der Waals surface area contributed by atoms with E-state index in [1.165, 1.54) is 18.2 Å². The van der Waals surface area contributed by atoms with Crippen LogP contribution in [0.25, 0.3) is 6.08 Å². The highest BCUT2D eigenvalue weighted by molar-refractivity contribution is 5.91. The quantitative estimate of drug-likeness (QED) is 0.865. The lowest BCUT2D eigenvalue weighted by molar-refractivity contribution is -0.129. The summed E-state index contributed by atoms with van der Waals surface area (Å²) in [5.41, 5.74) is 0.650. The highest BCUT2D eigenvalue weighted by Gasteiger charge is 2.21. The number of rotatable bonds is 3. The molecule has 2 rings (SSSR count). The van der Waals surface area contributed by atoms with Crippen molar-refractivity contribution in [1.82, 2.24) is 10.2 Å². The van der Waals surface area contributed by atoms with Gasteiger partial charge >= 0.3 is 0 Å². The first-order valence-electron chi connectivity index (χ1n) is 7.04. The van der Waals surface area contributed by atoms with E-state index in [9.17, 15) is 14.0 Å². The zero-order valence-electron chi connectivity index (χ0n) is 12.0. The van der Waals surface area contributed by atoms with Crippen LogP contribution in [0, 0.1) is 5.82 Å². The Kier molecular flexibility index (Phi) is 5.09. The minimum atomic E-state index is -0.325. The van der Waals surface area contributed by atoms with Gasteiger partial charge in [-0.25, -0.2) is 4.39 Å². The second-order valence-corrected chi connectivity index (χ2v) is 5.18. The molecule has 2 amide bonds. The van der Waals surface area contributed by atoms with E-state index in [0.29, 0.717) is 18.7 Å². The summed E-state index contributed by atoms with van der Waals surface area (Å²) in [6.07, 6.45) is 4.52. The molecule has 1 heterocycles. The van der Waals surface area contributed by atoms with Gasteiger partial charge in [-0.3, -0.25) is 9.59 Å². The number of piperidine rings is 1. The molecule has 0 saturated carbocycles. The lowest BCUT2D eigenvalue weighted by atomic mass is 10.0. The summed E-state index contributed by atoms with van der Waals surface area (Å²) >= 11 is 0. The van der Waals surface area contributed by atoms with Crippen LogP contribution >= 0.6 is 0 Å². The second-order valence-electron chi connectivity index (χ2n) is 5.18. The van der Waals surface area contributed by atoms with Gasteiger partial charge in [-0.05, 0) is 36.6 Å². The Morgan fingerprint density at radius 1 is 1.33 bits per heavy atom. The number of nitrogens with zero attached hydrogens (tertiary/aromatic N) is 1. The first-order valence-corrected chi connectivity index (χ1v) is 7.04. The summed E-state index contributed by atoms with van der Waals surface area (Å²) in [4.78, 5) is 24.8. The molecular weight excluding hydrogens is 271 g/mol. The highest BCUT2D eigenvalue weighted by Crippen LogP contribution is 2.10. The standard InChI is InChI=1S/C16H19FN2O2/c1-12(20)19-9-7-15(8-10-19)18-16(21)6-5-13-3-2-4-14(17)11-13/h2-6,11,15H,7-10H2,1H3,(H,18,21)/b6-5+. The number of hydrogen-bond acceptors (Lipinski definition) is 2. The molecule has 0 bridgehead atoms. The fourth-order valence-electron chi connectivity index (χ4n) is 2.37. The first kappa shape index (κ1) is 15.2. The summed E-state index contributed by atoms with van der Waals surface area (Å²) in [5.74, 6) is -0.444. The molecule has 0 unspecified atom stereocenters. The molecule has 1 saturated heterocycles. The van der Waals surface area contributed by atoms with Gasteiger partial charge < -0.3 is 10.2 Å². The van der Waals surface area contributed by atoms with Crippen molar-refractivity contribution in [1.29, 1.82) is 0 Å². The maximum absolute atomic E-state index is 13.0. The van der Waals surface area contributed by atoms with Gasteiger partial charge in [0.05, 0.1) is 0 Å². The summed E-state index contributed by atoms with van der Waals surface area (Å²) in [6, 6.07) is 6.16. The molecular formula is C16H19FN2O2. The number of nitrogens with one attached hydrogen (secondary N) is 1. The Bertz CT molecular complexity index is 549. The molecule has 1 aromatic carbocycles. The summed E-state index contributed by atoms with van der Waals surface area (Å²) < 4.78 is 13.0. The molecule has 1 fully saturated rings. The number of carbonyl (C=O) groups is 2. The Morgan fingerprint density at radius 3 is 2.67 bits per heavy atom. The maximum atomic E-state index is 13.0. The Morgan fingerprint density at radius 2 is 2.05 bits per heavy atom. The Balaban J connectivity index is 1.81. The summed E-state index contributed by atoms with van der Waals surface area (Å²) in [5, 5.41) is 2.91. The smallest absolute Gasteiger partial charge is 0.244 e. The zero-order valence-corrected chi connectivity index (χ0v) is 12.0. The van der Waals surface area contributed by atoms with E-state index in [0.717, 1.165) is 12.8 Å². The van der Waals surface area contributed by atoms with Crippen molar-refractivity contribution < 1.29 is 14.0 Å². The molecule has 1 aliphatic rings. The molecule has 1 aliphatic heterocycles. The second kappa shape index (κ2) is 7.02. The van der Waals surface area contributed by atoms with Gasteiger partial charge in [-0.1, -0.05) is 12.1 Å². The van der Waals surface area contributed by atoms with E-state index in [2.05, 4.69) is 5.32 Å². The molecule has 0 spiro atoms. The van der Waals surface area contributed by atoms with Crippen LogP contribution in [0.1, 0.15) is 25.3 Å². The van der Waals surface area contributed by atoms with Crippen LogP contribution < -0.4 is 5.32 Å². The lowest BCUT2D eigenvalue weighted by Crippen LogP contribution is -2.45. The number of hydrogen-bond donors (Lipinski definition) is 1. The van der Waals surface area contributed by atoms with Gasteiger partial charge in [0.25, 0.3) is 0 Å². The van der Waals surface area contributed by atoms with Crippen molar-refractivity contribution in [2.75, 3.05) is 13.1 Å². The molecule has 1 N–H and O–H groups in total. The van der Waals surface area contributed by atoms with Gasteiger partial charge in [0.15, 0.2) is 0 Å². The third kappa shape index (κ3) is 4.70. The predicted octanol–water partition coefficient (Wildman–Crippen LogP) is 1.97. The Hall–Kier alpha value is -2.17. The highest BCUT2D eigenvalue weighted by atomic mass is 19.1. The molecule has 0 radical (unpaired) electrons. The number of likely N-dealkylation sites (tertiary alicyclic amines) is 1. The van der Waals surface area contributed by atoms with Crippen molar-refractivity contribution in [2.45, 2.75) is 25.8 Å². The fourth-order valence-corrected chi connectivity index (χ4v) is 2.37. The largest absolute Gasteiger partial charge is 0.350 e. The van der Waals surface area contributed by atoms with Gasteiger partial charge in [0.1, 0.15) is 5.82 Å². The SMILES string of the molecule is CC(=O)N1CCC(NC(=O)/C=C/c2cccc(F)c2)CC1. The van der Waals surface area contributed by atoms with E-state index in [-0.39, 0.29) is 23.7 Å². The molecule has 1 aromatic rings. The van der Waals surface area contributed by atoms with E-state index in [1.807, 2.05) is 0 Å². The Labute approximate surface area is 123 Å². The average molecular weight is 290 g/mol.